The average Bonchev–Trinajstić information content (AvgIpc) is 3.00. The Bertz CT molecular complexity index is 581. The summed E-state index contributed by atoms with van der Waals surface area (Å²) in [6.45, 7) is 1.61. The van der Waals surface area contributed by atoms with Crippen molar-refractivity contribution >= 4 is 17.9 Å². The predicted molar refractivity (Wildman–Crippen MR) is 79.7 cm³/mol. The van der Waals surface area contributed by atoms with Gasteiger partial charge in [0.1, 0.15) is 6.29 Å². The lowest BCUT2D eigenvalue weighted by Gasteiger charge is -2.29. The molecule has 2 atom stereocenters. The van der Waals surface area contributed by atoms with Gasteiger partial charge in [0.2, 0.25) is 5.91 Å². The summed E-state index contributed by atoms with van der Waals surface area (Å²) >= 11 is 0. The van der Waals surface area contributed by atoms with Crippen LogP contribution in [-0.2, 0) is 16.0 Å². The van der Waals surface area contributed by atoms with Gasteiger partial charge in [-0.05, 0) is 19.1 Å². The van der Waals surface area contributed by atoms with Crippen molar-refractivity contribution in [1.82, 2.24) is 9.97 Å². The van der Waals surface area contributed by atoms with Crippen molar-refractivity contribution in [2.75, 3.05) is 4.90 Å². The van der Waals surface area contributed by atoms with Crippen molar-refractivity contribution in [3.05, 3.63) is 48.5 Å². The number of para-hydroxylation sites is 1. The third kappa shape index (κ3) is 3.55. The summed E-state index contributed by atoms with van der Waals surface area (Å²) in [5, 5.41) is 0. The molecule has 6 heteroatoms. The first-order chi connectivity index (χ1) is 10.1. The second-order valence-electron chi connectivity index (χ2n) is 4.82. The minimum atomic E-state index is -0.686. The number of nitrogens with two attached hydrogens (primary N) is 1. The third-order valence-corrected chi connectivity index (χ3v) is 3.13. The van der Waals surface area contributed by atoms with Crippen molar-refractivity contribution < 1.29 is 9.59 Å². The fraction of sp³-hybridized carbons (Fsp3) is 0.267. The highest BCUT2D eigenvalue weighted by Crippen LogP contribution is 2.19. The van der Waals surface area contributed by atoms with Gasteiger partial charge < -0.3 is 20.4 Å². The fourth-order valence-electron chi connectivity index (χ4n) is 2.11. The number of amides is 1. The van der Waals surface area contributed by atoms with Gasteiger partial charge in [0.25, 0.3) is 0 Å². The molecule has 2 rings (SSSR count). The van der Waals surface area contributed by atoms with E-state index in [-0.39, 0.29) is 5.91 Å². The smallest absolute Gasteiger partial charge is 0.244 e. The molecule has 0 fully saturated rings. The predicted octanol–water partition coefficient (Wildman–Crippen LogP) is 0.900. The van der Waals surface area contributed by atoms with Crippen LogP contribution in [0.3, 0.4) is 0 Å². The highest BCUT2D eigenvalue weighted by molar-refractivity contribution is 6.00. The molecule has 1 aromatic heterocycles. The summed E-state index contributed by atoms with van der Waals surface area (Å²) in [5.41, 5.74) is 7.15. The van der Waals surface area contributed by atoms with Crippen molar-refractivity contribution in [3.8, 4) is 0 Å². The van der Waals surface area contributed by atoms with Crippen LogP contribution in [0.4, 0.5) is 5.69 Å². The van der Waals surface area contributed by atoms with Crippen LogP contribution in [0.15, 0.2) is 42.9 Å². The second kappa shape index (κ2) is 6.81. The van der Waals surface area contributed by atoms with E-state index in [0.717, 1.165) is 12.0 Å². The minimum absolute atomic E-state index is 0.294. The lowest BCUT2D eigenvalue weighted by atomic mass is 10.1. The Morgan fingerprint density at radius 3 is 2.67 bits per heavy atom. The Morgan fingerprint density at radius 2 is 2.14 bits per heavy atom. The summed E-state index contributed by atoms with van der Waals surface area (Å²) in [5.74, 6) is -0.294. The first-order valence-electron chi connectivity index (χ1n) is 6.69. The maximum Gasteiger partial charge on any atom is 0.244 e. The average molecular weight is 286 g/mol. The molecule has 1 unspecified atom stereocenters. The van der Waals surface area contributed by atoms with Gasteiger partial charge in [0.15, 0.2) is 0 Å². The summed E-state index contributed by atoms with van der Waals surface area (Å²) in [6.07, 6.45) is 4.29. The van der Waals surface area contributed by atoms with E-state index >= 15 is 0 Å². The molecule has 6 nitrogen and oxygen atoms in total. The Morgan fingerprint density at radius 1 is 1.43 bits per heavy atom. The highest BCUT2D eigenvalue weighted by Gasteiger charge is 2.27. The van der Waals surface area contributed by atoms with Gasteiger partial charge in [-0.25, -0.2) is 4.98 Å². The summed E-state index contributed by atoms with van der Waals surface area (Å²) in [4.78, 5) is 32.2. The molecule has 3 N–H and O–H groups in total. The minimum Gasteiger partial charge on any atom is -0.348 e. The number of H-pyrrole nitrogens is 1. The largest absolute Gasteiger partial charge is 0.348 e. The van der Waals surface area contributed by atoms with Crippen LogP contribution in [0.2, 0.25) is 0 Å². The number of carbonyl (C=O) groups is 2. The number of carbonyl (C=O) groups excluding carboxylic acids is 2. The molecule has 0 aliphatic carbocycles. The lowest BCUT2D eigenvalue weighted by Crippen LogP contribution is -2.49. The molecule has 1 heterocycles. The van der Waals surface area contributed by atoms with Gasteiger partial charge in [-0.15, -0.1) is 0 Å². The van der Waals surface area contributed by atoms with Crippen molar-refractivity contribution in [1.29, 1.82) is 0 Å². The summed E-state index contributed by atoms with van der Waals surface area (Å²) in [6, 6.07) is 7.72. The van der Waals surface area contributed by atoms with E-state index in [4.69, 9.17) is 5.73 Å². The fourth-order valence-corrected chi connectivity index (χ4v) is 2.11. The van der Waals surface area contributed by atoms with Crippen LogP contribution in [-0.4, -0.2) is 34.2 Å². The van der Waals surface area contributed by atoms with Gasteiger partial charge in [0.05, 0.1) is 18.4 Å². The van der Waals surface area contributed by atoms with Crippen LogP contribution < -0.4 is 10.6 Å². The van der Waals surface area contributed by atoms with Crippen molar-refractivity contribution in [2.24, 2.45) is 5.73 Å². The number of imidazole rings is 1. The number of hydrogen-bond acceptors (Lipinski definition) is 4. The van der Waals surface area contributed by atoms with Crippen molar-refractivity contribution in [2.45, 2.75) is 25.4 Å². The van der Waals surface area contributed by atoms with E-state index in [0.29, 0.717) is 12.1 Å². The van der Waals surface area contributed by atoms with Crippen LogP contribution in [0, 0.1) is 0 Å². The molecule has 0 aliphatic heterocycles. The molecule has 0 spiro atoms. The van der Waals surface area contributed by atoms with Crippen LogP contribution in [0.5, 0.6) is 0 Å². The standard InChI is InChI=1S/C15H18N4O2/c1-11(16)15(21)19(13-5-3-2-4-6-13)14(9-20)7-12-8-17-10-18-12/h2-6,8-11,14H,7,16H2,1H3,(H,17,18)/t11?,14-/m0/s1. The third-order valence-electron chi connectivity index (χ3n) is 3.13. The number of aromatic nitrogens is 2. The molecule has 0 saturated carbocycles. The first-order valence-corrected chi connectivity index (χ1v) is 6.69. The van der Waals surface area contributed by atoms with E-state index in [1.807, 2.05) is 18.2 Å². The number of aromatic amines is 1. The zero-order valence-corrected chi connectivity index (χ0v) is 11.8. The molecule has 110 valence electrons. The molecule has 0 aliphatic rings. The van der Waals surface area contributed by atoms with Gasteiger partial charge in [-0.3, -0.25) is 4.79 Å². The van der Waals surface area contributed by atoms with E-state index in [2.05, 4.69) is 9.97 Å². The van der Waals surface area contributed by atoms with E-state index in [1.54, 1.807) is 25.3 Å². The molecule has 2 aromatic rings. The number of anilines is 1. The van der Waals surface area contributed by atoms with Gasteiger partial charge in [-0.2, -0.15) is 0 Å². The number of aldehydes is 1. The second-order valence-corrected chi connectivity index (χ2v) is 4.82. The SMILES string of the molecule is CC(N)C(=O)N(c1ccccc1)[C@H](C=O)Cc1cnc[nH]1. The zero-order valence-electron chi connectivity index (χ0n) is 11.8. The number of rotatable bonds is 6. The molecule has 0 saturated heterocycles. The number of nitrogens with zero attached hydrogens (tertiary/aromatic N) is 2. The van der Waals surface area contributed by atoms with E-state index in [9.17, 15) is 9.59 Å². The molecule has 1 amide bonds. The summed E-state index contributed by atoms with van der Waals surface area (Å²) in [7, 11) is 0. The molecule has 21 heavy (non-hydrogen) atoms. The van der Waals surface area contributed by atoms with Gasteiger partial charge in [0, 0.05) is 24.0 Å². The first kappa shape index (κ1) is 14.9. The van der Waals surface area contributed by atoms with E-state index < -0.39 is 12.1 Å². The van der Waals surface area contributed by atoms with Crippen LogP contribution >= 0.6 is 0 Å². The topological polar surface area (TPSA) is 92.1 Å². The molecular formula is C15H18N4O2. The monoisotopic (exact) mass is 286 g/mol. The number of nitrogens with one attached hydrogen (secondary N) is 1. The van der Waals surface area contributed by atoms with Crippen LogP contribution in [0.1, 0.15) is 12.6 Å². The van der Waals surface area contributed by atoms with Crippen molar-refractivity contribution in [3.63, 3.8) is 0 Å². The lowest BCUT2D eigenvalue weighted by molar-refractivity contribution is -0.121. The number of benzene rings is 1. The normalized spacial score (nSPS) is 13.4. The molecule has 0 radical (unpaired) electrons. The molecule has 0 bridgehead atoms. The zero-order chi connectivity index (χ0) is 15.2. The highest BCUT2D eigenvalue weighted by atomic mass is 16.2. The Balaban J connectivity index is 2.33. The Kier molecular flexibility index (Phi) is 4.84. The number of hydrogen-bond donors (Lipinski definition) is 2. The Labute approximate surface area is 123 Å². The quantitative estimate of drug-likeness (QED) is 0.772. The van der Waals surface area contributed by atoms with E-state index in [1.165, 1.54) is 11.2 Å². The molecule has 1 aromatic carbocycles. The van der Waals surface area contributed by atoms with Gasteiger partial charge in [-0.1, -0.05) is 18.2 Å². The van der Waals surface area contributed by atoms with Gasteiger partial charge >= 0.3 is 0 Å². The summed E-state index contributed by atoms with van der Waals surface area (Å²) < 4.78 is 0. The maximum absolute atomic E-state index is 12.4. The Hall–Kier alpha value is -2.47. The van der Waals surface area contributed by atoms with Crippen LogP contribution in [0.25, 0.3) is 0 Å². The maximum atomic E-state index is 12.4. The molecular weight excluding hydrogens is 268 g/mol.